The number of imidazole rings is 1. The van der Waals surface area contributed by atoms with Crippen LogP contribution in [0.15, 0.2) is 78.0 Å². The summed E-state index contributed by atoms with van der Waals surface area (Å²) in [6.45, 7) is 0.990. The Bertz CT molecular complexity index is 1400. The lowest BCUT2D eigenvalue weighted by Crippen LogP contribution is -2.14. The molecule has 2 N–H and O–H groups in total. The zero-order valence-corrected chi connectivity index (χ0v) is 18.2. The lowest BCUT2D eigenvalue weighted by atomic mass is 10.3. The predicted molar refractivity (Wildman–Crippen MR) is 122 cm³/mol. The first-order chi connectivity index (χ1) is 16.0. The number of hydrogen-bond donors (Lipinski definition) is 2. The SMILES string of the molecule is O=C(Nc1ccc(NS(=O)(=O)c2ccc3c(c2)OCCCO3)cc1)c1cn2ccccc2n1. The molecule has 9 nitrogen and oxygen atoms in total. The quantitative estimate of drug-likeness (QED) is 0.467. The van der Waals surface area contributed by atoms with Gasteiger partial charge in [-0.2, -0.15) is 0 Å². The van der Waals surface area contributed by atoms with Crippen LogP contribution in [0.25, 0.3) is 5.65 Å². The molecule has 0 saturated carbocycles. The van der Waals surface area contributed by atoms with Crippen LogP contribution in [0.2, 0.25) is 0 Å². The first-order valence-electron chi connectivity index (χ1n) is 10.3. The fourth-order valence-electron chi connectivity index (χ4n) is 3.39. The summed E-state index contributed by atoms with van der Waals surface area (Å²) in [5.41, 5.74) is 1.81. The van der Waals surface area contributed by atoms with Crippen molar-refractivity contribution in [2.45, 2.75) is 11.3 Å². The van der Waals surface area contributed by atoms with E-state index in [4.69, 9.17) is 9.47 Å². The van der Waals surface area contributed by atoms with Crippen molar-refractivity contribution < 1.29 is 22.7 Å². The van der Waals surface area contributed by atoms with Gasteiger partial charge in [0.1, 0.15) is 11.3 Å². The number of ether oxygens (including phenoxy) is 2. The molecule has 2 aromatic carbocycles. The van der Waals surface area contributed by atoms with Crippen LogP contribution >= 0.6 is 0 Å². The highest BCUT2D eigenvalue weighted by Crippen LogP contribution is 2.32. The molecule has 0 radical (unpaired) electrons. The van der Waals surface area contributed by atoms with Crippen molar-refractivity contribution in [2.75, 3.05) is 23.3 Å². The van der Waals surface area contributed by atoms with Crippen molar-refractivity contribution >= 4 is 33.0 Å². The average Bonchev–Trinajstić information content (AvgIpc) is 3.11. The number of sulfonamides is 1. The molecule has 1 amide bonds. The van der Waals surface area contributed by atoms with Crippen LogP contribution < -0.4 is 19.5 Å². The minimum absolute atomic E-state index is 0.0657. The zero-order valence-electron chi connectivity index (χ0n) is 17.4. The van der Waals surface area contributed by atoms with E-state index in [2.05, 4.69) is 15.0 Å². The number of anilines is 2. The van der Waals surface area contributed by atoms with E-state index in [-0.39, 0.29) is 16.5 Å². The molecule has 0 fully saturated rings. The number of nitrogens with zero attached hydrogens (tertiary/aromatic N) is 2. The number of amides is 1. The molecule has 0 bridgehead atoms. The third kappa shape index (κ3) is 4.46. The van der Waals surface area contributed by atoms with Crippen molar-refractivity contribution in [2.24, 2.45) is 0 Å². The summed E-state index contributed by atoms with van der Waals surface area (Å²) >= 11 is 0. The van der Waals surface area contributed by atoms with E-state index in [0.29, 0.717) is 41.7 Å². The molecule has 1 aliphatic heterocycles. The predicted octanol–water partition coefficient (Wildman–Crippen LogP) is 3.55. The van der Waals surface area contributed by atoms with Crippen molar-refractivity contribution in [1.82, 2.24) is 9.38 Å². The molecular weight excluding hydrogens is 444 g/mol. The van der Waals surface area contributed by atoms with Gasteiger partial charge in [-0.1, -0.05) is 6.07 Å². The van der Waals surface area contributed by atoms with Crippen LogP contribution in [0.3, 0.4) is 0 Å². The Morgan fingerprint density at radius 3 is 2.48 bits per heavy atom. The van der Waals surface area contributed by atoms with Gasteiger partial charge >= 0.3 is 0 Å². The largest absolute Gasteiger partial charge is 0.490 e. The minimum Gasteiger partial charge on any atom is -0.490 e. The topological polar surface area (TPSA) is 111 Å². The number of fused-ring (bicyclic) bond motifs is 2. The standard InChI is InChI=1S/C23H20N4O5S/c28-23(19-15-27-11-2-1-4-22(27)25-19)24-16-5-7-17(8-6-16)26-33(29,30)18-9-10-20-21(14-18)32-13-3-12-31-20/h1-2,4-11,14-15,26H,3,12-13H2,(H,24,28). The van der Waals surface area contributed by atoms with E-state index in [1.54, 1.807) is 47.0 Å². The number of aromatic nitrogens is 2. The van der Waals surface area contributed by atoms with Crippen LogP contribution in [0, 0.1) is 0 Å². The number of nitrogens with one attached hydrogen (secondary N) is 2. The van der Waals surface area contributed by atoms with E-state index in [0.717, 1.165) is 6.42 Å². The van der Waals surface area contributed by atoms with Crippen molar-refractivity contribution in [3.63, 3.8) is 0 Å². The van der Waals surface area contributed by atoms with Crippen LogP contribution in [0.4, 0.5) is 11.4 Å². The van der Waals surface area contributed by atoms with E-state index in [1.165, 1.54) is 12.1 Å². The van der Waals surface area contributed by atoms with E-state index in [1.807, 2.05) is 18.3 Å². The molecule has 4 aromatic rings. The second-order valence-corrected chi connectivity index (χ2v) is 9.07. The zero-order chi connectivity index (χ0) is 22.8. The molecule has 0 atom stereocenters. The second-order valence-electron chi connectivity index (χ2n) is 7.39. The van der Waals surface area contributed by atoms with E-state index >= 15 is 0 Å². The third-order valence-electron chi connectivity index (χ3n) is 5.02. The Kier molecular flexibility index (Phi) is 5.35. The maximum absolute atomic E-state index is 12.8. The molecule has 0 spiro atoms. The average molecular weight is 465 g/mol. The summed E-state index contributed by atoms with van der Waals surface area (Å²) in [6, 6.07) is 16.4. The highest BCUT2D eigenvalue weighted by molar-refractivity contribution is 7.92. The molecule has 0 saturated heterocycles. The summed E-state index contributed by atoms with van der Waals surface area (Å²) < 4.78 is 41.1. The van der Waals surface area contributed by atoms with Crippen LogP contribution in [0.1, 0.15) is 16.9 Å². The molecule has 168 valence electrons. The molecule has 0 aliphatic carbocycles. The molecule has 0 unspecified atom stereocenters. The lowest BCUT2D eigenvalue weighted by Gasteiger charge is -2.12. The molecule has 5 rings (SSSR count). The van der Waals surface area contributed by atoms with E-state index < -0.39 is 10.0 Å². The maximum atomic E-state index is 12.8. The third-order valence-corrected chi connectivity index (χ3v) is 6.40. The van der Waals surface area contributed by atoms with Gasteiger partial charge in [0.25, 0.3) is 15.9 Å². The normalized spacial score (nSPS) is 13.3. The van der Waals surface area contributed by atoms with Gasteiger partial charge in [-0.3, -0.25) is 9.52 Å². The van der Waals surface area contributed by atoms with Gasteiger partial charge in [-0.25, -0.2) is 13.4 Å². The van der Waals surface area contributed by atoms with Crippen LogP contribution in [-0.4, -0.2) is 36.9 Å². The van der Waals surface area contributed by atoms with Gasteiger partial charge in [0.15, 0.2) is 11.5 Å². The fraction of sp³-hybridized carbons (Fsp3) is 0.130. The van der Waals surface area contributed by atoms with Gasteiger partial charge in [0.05, 0.1) is 18.1 Å². The van der Waals surface area contributed by atoms with Crippen LogP contribution in [0.5, 0.6) is 11.5 Å². The van der Waals surface area contributed by atoms with Crippen molar-refractivity contribution in [1.29, 1.82) is 0 Å². The van der Waals surface area contributed by atoms with Crippen LogP contribution in [-0.2, 0) is 10.0 Å². The number of carbonyl (C=O) groups excluding carboxylic acids is 1. The van der Waals surface area contributed by atoms with Gasteiger partial charge in [0.2, 0.25) is 0 Å². The number of pyridine rings is 1. The monoisotopic (exact) mass is 464 g/mol. The number of carbonyl (C=O) groups is 1. The molecule has 3 heterocycles. The molecule has 33 heavy (non-hydrogen) atoms. The van der Waals surface area contributed by atoms with Gasteiger partial charge in [0, 0.05) is 36.3 Å². The molecular formula is C23H20N4O5S. The van der Waals surface area contributed by atoms with Gasteiger partial charge < -0.3 is 19.2 Å². The summed E-state index contributed by atoms with van der Waals surface area (Å²) in [6.07, 6.45) is 4.18. The van der Waals surface area contributed by atoms with Crippen molar-refractivity contribution in [3.8, 4) is 11.5 Å². The van der Waals surface area contributed by atoms with Gasteiger partial charge in [-0.15, -0.1) is 0 Å². The Balaban J connectivity index is 1.28. The molecule has 10 heteroatoms. The fourth-order valence-corrected chi connectivity index (χ4v) is 4.46. The number of rotatable bonds is 5. The highest BCUT2D eigenvalue weighted by atomic mass is 32.2. The Labute approximate surface area is 190 Å². The van der Waals surface area contributed by atoms with E-state index in [9.17, 15) is 13.2 Å². The Morgan fingerprint density at radius 2 is 1.70 bits per heavy atom. The molecule has 2 aromatic heterocycles. The minimum atomic E-state index is -3.84. The highest BCUT2D eigenvalue weighted by Gasteiger charge is 2.19. The Hall–Kier alpha value is -4.05. The number of benzene rings is 2. The second kappa shape index (κ2) is 8.47. The maximum Gasteiger partial charge on any atom is 0.275 e. The summed E-state index contributed by atoms with van der Waals surface area (Å²) in [5, 5.41) is 2.76. The Morgan fingerprint density at radius 1 is 0.939 bits per heavy atom. The smallest absolute Gasteiger partial charge is 0.275 e. The summed E-state index contributed by atoms with van der Waals surface area (Å²) in [7, 11) is -3.84. The van der Waals surface area contributed by atoms with Crippen molar-refractivity contribution in [3.05, 3.63) is 78.8 Å². The first kappa shape index (κ1) is 20.8. The first-order valence-corrected chi connectivity index (χ1v) is 11.7. The van der Waals surface area contributed by atoms with Gasteiger partial charge in [-0.05, 0) is 48.5 Å². The number of hydrogen-bond acceptors (Lipinski definition) is 6. The lowest BCUT2D eigenvalue weighted by molar-refractivity contribution is 0.102. The summed E-state index contributed by atoms with van der Waals surface area (Å²) in [5.74, 6) is 0.566. The molecule has 1 aliphatic rings. The summed E-state index contributed by atoms with van der Waals surface area (Å²) in [4.78, 5) is 16.9.